The minimum Gasteiger partial charge on any atom is -0.367 e. The Morgan fingerprint density at radius 1 is 1.53 bits per heavy atom. The Balaban J connectivity index is 1.73. The number of hydrogen-bond acceptors (Lipinski definition) is 4. The SMILES string of the molecule is Cc1cnnc(NCCN(C)C2CC2)c1. The van der Waals surface area contributed by atoms with Crippen molar-refractivity contribution in [1.82, 2.24) is 15.1 Å². The number of nitrogens with zero attached hydrogens (tertiary/aromatic N) is 3. The van der Waals surface area contributed by atoms with E-state index in [-0.39, 0.29) is 0 Å². The van der Waals surface area contributed by atoms with Crippen molar-refractivity contribution in [2.75, 3.05) is 25.5 Å². The fourth-order valence-corrected chi connectivity index (χ4v) is 1.61. The largest absolute Gasteiger partial charge is 0.367 e. The molecule has 0 amide bonds. The maximum atomic E-state index is 4.02. The van der Waals surface area contributed by atoms with Crippen LogP contribution in [0.2, 0.25) is 0 Å². The second-order valence-electron chi connectivity index (χ2n) is 4.26. The van der Waals surface area contributed by atoms with Crippen LogP contribution in [0.25, 0.3) is 0 Å². The van der Waals surface area contributed by atoms with Crippen LogP contribution < -0.4 is 5.32 Å². The molecule has 1 aliphatic carbocycles. The summed E-state index contributed by atoms with van der Waals surface area (Å²) in [7, 11) is 2.18. The predicted octanol–water partition coefficient (Wildman–Crippen LogP) is 1.29. The van der Waals surface area contributed by atoms with Gasteiger partial charge in [0.2, 0.25) is 0 Å². The van der Waals surface area contributed by atoms with Crippen LogP contribution in [0.4, 0.5) is 5.82 Å². The lowest BCUT2D eigenvalue weighted by atomic mass is 10.3. The summed E-state index contributed by atoms with van der Waals surface area (Å²) in [4.78, 5) is 2.40. The van der Waals surface area contributed by atoms with Crippen molar-refractivity contribution >= 4 is 5.82 Å². The van der Waals surface area contributed by atoms with Crippen molar-refractivity contribution in [3.05, 3.63) is 17.8 Å². The standard InChI is InChI=1S/C11H18N4/c1-9-7-11(14-13-8-9)12-5-6-15(2)10-3-4-10/h7-8,10H,3-6H2,1-2H3,(H,12,14). The fourth-order valence-electron chi connectivity index (χ4n) is 1.61. The van der Waals surface area contributed by atoms with Gasteiger partial charge in [0.1, 0.15) is 5.82 Å². The van der Waals surface area contributed by atoms with Gasteiger partial charge in [-0.1, -0.05) is 0 Å². The molecule has 0 spiro atoms. The lowest BCUT2D eigenvalue weighted by Gasteiger charge is -2.15. The van der Waals surface area contributed by atoms with Crippen LogP contribution in [0, 0.1) is 6.92 Å². The topological polar surface area (TPSA) is 41.1 Å². The summed E-state index contributed by atoms with van der Waals surface area (Å²) in [5.74, 6) is 0.874. The van der Waals surface area contributed by atoms with Gasteiger partial charge in [0.25, 0.3) is 0 Å². The average molecular weight is 206 g/mol. The van der Waals surface area contributed by atoms with E-state index in [0.29, 0.717) is 0 Å². The predicted molar refractivity (Wildman–Crippen MR) is 60.9 cm³/mol. The zero-order valence-corrected chi connectivity index (χ0v) is 9.40. The molecule has 0 unspecified atom stereocenters. The van der Waals surface area contributed by atoms with E-state index < -0.39 is 0 Å². The van der Waals surface area contributed by atoms with E-state index in [9.17, 15) is 0 Å². The van der Waals surface area contributed by atoms with Gasteiger partial charge in [-0.3, -0.25) is 0 Å². The van der Waals surface area contributed by atoms with Gasteiger partial charge < -0.3 is 10.2 Å². The van der Waals surface area contributed by atoms with Crippen LogP contribution in [0.5, 0.6) is 0 Å². The number of nitrogens with one attached hydrogen (secondary N) is 1. The van der Waals surface area contributed by atoms with Crippen molar-refractivity contribution in [1.29, 1.82) is 0 Å². The molecule has 2 rings (SSSR count). The van der Waals surface area contributed by atoms with Gasteiger partial charge in [-0.05, 0) is 38.4 Å². The maximum absolute atomic E-state index is 4.02. The highest BCUT2D eigenvalue weighted by molar-refractivity contribution is 5.34. The van der Waals surface area contributed by atoms with E-state index in [2.05, 4.69) is 27.5 Å². The van der Waals surface area contributed by atoms with Crippen molar-refractivity contribution in [2.24, 2.45) is 0 Å². The van der Waals surface area contributed by atoms with E-state index in [1.54, 1.807) is 6.20 Å². The highest BCUT2D eigenvalue weighted by atomic mass is 15.2. The maximum Gasteiger partial charge on any atom is 0.148 e. The minimum atomic E-state index is 0.829. The summed E-state index contributed by atoms with van der Waals surface area (Å²) in [6.07, 6.45) is 4.49. The van der Waals surface area contributed by atoms with E-state index >= 15 is 0 Å². The molecule has 0 bridgehead atoms. The Bertz CT molecular complexity index is 322. The minimum absolute atomic E-state index is 0.829. The molecule has 4 nitrogen and oxygen atoms in total. The van der Waals surface area contributed by atoms with Crippen molar-refractivity contribution in [3.63, 3.8) is 0 Å². The zero-order valence-electron chi connectivity index (χ0n) is 9.40. The zero-order chi connectivity index (χ0) is 10.7. The number of likely N-dealkylation sites (N-methyl/N-ethyl adjacent to an activating group) is 1. The number of rotatable bonds is 5. The Morgan fingerprint density at radius 3 is 3.00 bits per heavy atom. The summed E-state index contributed by atoms with van der Waals surface area (Å²) in [6.45, 7) is 4.03. The molecule has 1 aromatic heterocycles. The normalized spacial score (nSPS) is 15.7. The summed E-state index contributed by atoms with van der Waals surface area (Å²) in [5.41, 5.74) is 1.14. The van der Waals surface area contributed by atoms with Crippen LogP contribution >= 0.6 is 0 Å². The van der Waals surface area contributed by atoms with Crippen molar-refractivity contribution in [3.8, 4) is 0 Å². The molecule has 1 aliphatic rings. The second-order valence-corrected chi connectivity index (χ2v) is 4.26. The smallest absolute Gasteiger partial charge is 0.148 e. The molecule has 0 saturated heterocycles. The van der Waals surface area contributed by atoms with Gasteiger partial charge in [-0.15, -0.1) is 5.10 Å². The third kappa shape index (κ3) is 3.16. The third-order valence-electron chi connectivity index (χ3n) is 2.73. The van der Waals surface area contributed by atoms with Crippen LogP contribution in [-0.4, -0.2) is 41.3 Å². The Hall–Kier alpha value is -1.16. The number of aryl methyl sites for hydroxylation is 1. The van der Waals surface area contributed by atoms with E-state index in [4.69, 9.17) is 0 Å². The van der Waals surface area contributed by atoms with Crippen LogP contribution in [0.15, 0.2) is 12.3 Å². The van der Waals surface area contributed by atoms with Crippen LogP contribution in [0.3, 0.4) is 0 Å². The highest BCUT2D eigenvalue weighted by Crippen LogP contribution is 2.24. The molecule has 1 heterocycles. The van der Waals surface area contributed by atoms with Crippen molar-refractivity contribution < 1.29 is 0 Å². The number of anilines is 1. The van der Waals surface area contributed by atoms with E-state index in [0.717, 1.165) is 30.5 Å². The molecule has 0 aromatic carbocycles. The molecule has 1 fully saturated rings. The van der Waals surface area contributed by atoms with Crippen LogP contribution in [0.1, 0.15) is 18.4 Å². The number of aromatic nitrogens is 2. The van der Waals surface area contributed by atoms with Crippen LogP contribution in [-0.2, 0) is 0 Å². The summed E-state index contributed by atoms with van der Waals surface area (Å²) in [5, 5.41) is 11.2. The summed E-state index contributed by atoms with van der Waals surface area (Å²) in [6, 6.07) is 2.85. The molecule has 0 radical (unpaired) electrons. The molecule has 1 saturated carbocycles. The highest BCUT2D eigenvalue weighted by Gasteiger charge is 2.25. The molecular weight excluding hydrogens is 188 g/mol. The first-order chi connectivity index (χ1) is 7.25. The lowest BCUT2D eigenvalue weighted by Crippen LogP contribution is -2.27. The van der Waals surface area contributed by atoms with E-state index in [1.807, 2.05) is 13.0 Å². The first-order valence-electron chi connectivity index (χ1n) is 5.49. The summed E-state index contributed by atoms with van der Waals surface area (Å²) >= 11 is 0. The second kappa shape index (κ2) is 4.57. The van der Waals surface area contributed by atoms with Gasteiger partial charge >= 0.3 is 0 Å². The Morgan fingerprint density at radius 2 is 2.33 bits per heavy atom. The molecule has 15 heavy (non-hydrogen) atoms. The van der Waals surface area contributed by atoms with Gasteiger partial charge in [0.05, 0.1) is 6.20 Å². The molecular formula is C11H18N4. The first kappa shape index (κ1) is 10.4. The van der Waals surface area contributed by atoms with Crippen molar-refractivity contribution in [2.45, 2.75) is 25.8 Å². The Kier molecular flexibility index (Phi) is 3.16. The molecule has 1 aromatic rings. The monoisotopic (exact) mass is 206 g/mol. The summed E-state index contributed by atoms with van der Waals surface area (Å²) < 4.78 is 0. The quantitative estimate of drug-likeness (QED) is 0.788. The molecule has 4 heteroatoms. The van der Waals surface area contributed by atoms with E-state index in [1.165, 1.54) is 12.8 Å². The number of hydrogen-bond donors (Lipinski definition) is 1. The molecule has 0 aliphatic heterocycles. The molecule has 82 valence electrons. The fraction of sp³-hybridized carbons (Fsp3) is 0.636. The first-order valence-corrected chi connectivity index (χ1v) is 5.49. The van der Waals surface area contributed by atoms with Gasteiger partial charge in [0, 0.05) is 19.1 Å². The third-order valence-corrected chi connectivity index (χ3v) is 2.73. The van der Waals surface area contributed by atoms with Gasteiger partial charge in [-0.25, -0.2) is 0 Å². The molecule has 0 atom stereocenters. The molecule has 1 N–H and O–H groups in total. The lowest BCUT2D eigenvalue weighted by molar-refractivity contribution is 0.337. The van der Waals surface area contributed by atoms with Gasteiger partial charge in [0.15, 0.2) is 0 Å². The van der Waals surface area contributed by atoms with Gasteiger partial charge in [-0.2, -0.15) is 5.10 Å². The Labute approximate surface area is 90.7 Å². The average Bonchev–Trinajstić information content (AvgIpc) is 3.00.